The molecule has 7 nitrogen and oxygen atoms in total. The molecule has 0 radical (unpaired) electrons. The monoisotopic (exact) mass is 457 g/mol. The molecular weight excluding hydrogens is 430 g/mol. The number of hydrogen-bond donors (Lipinski definition) is 0. The molecule has 31 heavy (non-hydrogen) atoms. The molecule has 0 amide bonds. The number of hydrogen-bond acceptors (Lipinski definition) is 8. The van der Waals surface area contributed by atoms with Crippen LogP contribution in [0.3, 0.4) is 0 Å². The summed E-state index contributed by atoms with van der Waals surface area (Å²) in [5.74, 6) is 2.61. The molecular formula is C22H27N5O2S2. The maximum absolute atomic E-state index is 5.91. The van der Waals surface area contributed by atoms with Crippen molar-refractivity contribution in [3.8, 4) is 16.3 Å². The zero-order valence-electron chi connectivity index (χ0n) is 17.7. The molecule has 5 rings (SSSR count). The van der Waals surface area contributed by atoms with Gasteiger partial charge in [-0.05, 0) is 37.8 Å². The van der Waals surface area contributed by atoms with Gasteiger partial charge in [0.05, 0.1) is 25.5 Å². The Morgan fingerprint density at radius 2 is 2.13 bits per heavy atom. The molecule has 0 spiro atoms. The maximum Gasteiger partial charge on any atom is 0.228 e. The van der Waals surface area contributed by atoms with Crippen LogP contribution in [0.25, 0.3) is 10.6 Å². The van der Waals surface area contributed by atoms with Crippen molar-refractivity contribution in [3.05, 3.63) is 35.3 Å². The lowest BCUT2D eigenvalue weighted by Gasteiger charge is -2.20. The van der Waals surface area contributed by atoms with Gasteiger partial charge in [-0.1, -0.05) is 23.9 Å². The predicted octanol–water partition coefficient (Wildman–Crippen LogP) is 4.48. The van der Waals surface area contributed by atoms with Crippen LogP contribution in [0, 0.1) is 0 Å². The lowest BCUT2D eigenvalue weighted by molar-refractivity contribution is 0.0952. The Kier molecular flexibility index (Phi) is 6.42. The topological polar surface area (TPSA) is 65.3 Å². The zero-order valence-corrected chi connectivity index (χ0v) is 19.3. The van der Waals surface area contributed by atoms with Crippen LogP contribution in [-0.2, 0) is 17.0 Å². The smallest absolute Gasteiger partial charge is 0.228 e. The molecule has 3 aromatic rings. The highest BCUT2D eigenvalue weighted by molar-refractivity contribution is 7.98. The van der Waals surface area contributed by atoms with Crippen LogP contribution in [0.5, 0.6) is 5.75 Å². The fourth-order valence-electron chi connectivity index (χ4n) is 4.09. The number of anilines is 1. The van der Waals surface area contributed by atoms with Gasteiger partial charge in [0.15, 0.2) is 5.16 Å². The summed E-state index contributed by atoms with van der Waals surface area (Å²) in [7, 11) is 1.69. The van der Waals surface area contributed by atoms with Gasteiger partial charge in [0.2, 0.25) is 5.95 Å². The van der Waals surface area contributed by atoms with Crippen molar-refractivity contribution in [3.63, 3.8) is 0 Å². The van der Waals surface area contributed by atoms with E-state index in [1.807, 2.05) is 18.2 Å². The van der Waals surface area contributed by atoms with Gasteiger partial charge in [-0.15, -0.1) is 21.5 Å². The van der Waals surface area contributed by atoms with Crippen LogP contribution in [0.1, 0.15) is 31.4 Å². The lowest BCUT2D eigenvalue weighted by Crippen LogP contribution is -2.25. The summed E-state index contributed by atoms with van der Waals surface area (Å²) in [6.07, 6.45) is 4.95. The van der Waals surface area contributed by atoms with Crippen LogP contribution >= 0.6 is 23.1 Å². The molecule has 0 bridgehead atoms. The molecule has 0 N–H and O–H groups in total. The second-order valence-corrected chi connectivity index (χ2v) is 9.69. The van der Waals surface area contributed by atoms with E-state index >= 15 is 0 Å². The number of rotatable bonds is 8. The Morgan fingerprint density at radius 1 is 1.23 bits per heavy atom. The third-order valence-electron chi connectivity index (χ3n) is 5.71. The van der Waals surface area contributed by atoms with Crippen molar-refractivity contribution in [2.24, 2.45) is 0 Å². The number of thiazole rings is 1. The summed E-state index contributed by atoms with van der Waals surface area (Å²) in [5.41, 5.74) is 2.14. The Bertz CT molecular complexity index is 1010. The van der Waals surface area contributed by atoms with Crippen molar-refractivity contribution < 1.29 is 9.47 Å². The van der Waals surface area contributed by atoms with Crippen molar-refractivity contribution in [2.75, 3.05) is 31.7 Å². The van der Waals surface area contributed by atoms with Crippen LogP contribution < -0.4 is 9.64 Å². The molecule has 164 valence electrons. The van der Waals surface area contributed by atoms with Crippen molar-refractivity contribution >= 4 is 29.0 Å². The number of ether oxygens (including phenoxy) is 2. The highest BCUT2D eigenvalue weighted by Crippen LogP contribution is 2.31. The molecule has 0 saturated carbocycles. The second kappa shape index (κ2) is 9.58. The normalized spacial score (nSPS) is 18.7. The minimum absolute atomic E-state index is 0.260. The number of benzene rings is 1. The van der Waals surface area contributed by atoms with Gasteiger partial charge < -0.3 is 14.4 Å². The SMILES string of the molecule is COc1cccc(-c2nc(CSc3nnc(N4CCCC4)n3CC3CCCO3)cs2)c1. The molecule has 1 unspecified atom stereocenters. The fourth-order valence-corrected chi connectivity index (χ4v) is 5.85. The van der Waals surface area contributed by atoms with Crippen LogP contribution in [0.2, 0.25) is 0 Å². The average Bonchev–Trinajstić information content (AvgIpc) is 3.60. The van der Waals surface area contributed by atoms with Crippen LogP contribution in [-0.4, -0.2) is 52.7 Å². The molecule has 2 aliphatic rings. The van der Waals surface area contributed by atoms with Gasteiger partial charge in [0.1, 0.15) is 10.8 Å². The Labute approximate surface area is 190 Å². The van der Waals surface area contributed by atoms with E-state index in [1.165, 1.54) is 12.8 Å². The number of thioether (sulfide) groups is 1. The van der Waals surface area contributed by atoms with Crippen molar-refractivity contribution in [1.82, 2.24) is 19.7 Å². The van der Waals surface area contributed by atoms with Crippen LogP contribution in [0.4, 0.5) is 5.95 Å². The zero-order chi connectivity index (χ0) is 21.0. The molecule has 4 heterocycles. The van der Waals surface area contributed by atoms with E-state index in [4.69, 9.17) is 14.5 Å². The van der Waals surface area contributed by atoms with E-state index in [2.05, 4.69) is 31.1 Å². The Morgan fingerprint density at radius 3 is 2.94 bits per heavy atom. The summed E-state index contributed by atoms with van der Waals surface area (Å²) in [5, 5.41) is 13.2. The Hall–Kier alpha value is -2.10. The standard InChI is InChI=1S/C22H27N5O2S2/c1-28-18-7-4-6-16(12-18)20-23-17(14-30-20)15-31-22-25-24-21(26-9-2-3-10-26)27(22)13-19-8-5-11-29-19/h4,6-7,12,14,19H,2-3,5,8-11,13,15H2,1H3. The van der Waals surface area contributed by atoms with Gasteiger partial charge in [-0.2, -0.15) is 0 Å². The summed E-state index contributed by atoms with van der Waals surface area (Å²) >= 11 is 3.37. The predicted molar refractivity (Wildman–Crippen MR) is 124 cm³/mol. The summed E-state index contributed by atoms with van der Waals surface area (Å²) in [4.78, 5) is 7.19. The highest BCUT2D eigenvalue weighted by atomic mass is 32.2. The molecule has 2 saturated heterocycles. The lowest BCUT2D eigenvalue weighted by atomic mass is 10.2. The van der Waals surface area contributed by atoms with E-state index in [1.54, 1.807) is 30.2 Å². The molecule has 2 aliphatic heterocycles. The van der Waals surface area contributed by atoms with E-state index in [0.717, 1.165) is 78.0 Å². The maximum atomic E-state index is 5.91. The summed E-state index contributed by atoms with van der Waals surface area (Å²) < 4.78 is 13.5. The molecule has 1 aromatic carbocycles. The third kappa shape index (κ3) is 4.73. The number of methoxy groups -OCH3 is 1. The number of aromatic nitrogens is 4. The van der Waals surface area contributed by atoms with E-state index < -0.39 is 0 Å². The molecule has 0 aliphatic carbocycles. The molecule has 9 heteroatoms. The van der Waals surface area contributed by atoms with E-state index in [9.17, 15) is 0 Å². The highest BCUT2D eigenvalue weighted by Gasteiger charge is 2.25. The minimum atomic E-state index is 0.260. The quantitative estimate of drug-likeness (QED) is 0.462. The van der Waals surface area contributed by atoms with Crippen LogP contribution in [0.15, 0.2) is 34.8 Å². The first kappa shape index (κ1) is 20.8. The molecule has 2 aromatic heterocycles. The first-order chi connectivity index (χ1) is 15.3. The first-order valence-electron chi connectivity index (χ1n) is 10.8. The van der Waals surface area contributed by atoms with Gasteiger partial charge in [0.25, 0.3) is 0 Å². The van der Waals surface area contributed by atoms with Gasteiger partial charge in [0, 0.05) is 36.4 Å². The fraction of sp³-hybridized carbons (Fsp3) is 0.500. The largest absolute Gasteiger partial charge is 0.497 e. The third-order valence-corrected chi connectivity index (χ3v) is 7.65. The average molecular weight is 458 g/mol. The molecule has 1 atom stereocenters. The van der Waals surface area contributed by atoms with E-state index in [-0.39, 0.29) is 6.10 Å². The van der Waals surface area contributed by atoms with Crippen molar-refractivity contribution in [2.45, 2.75) is 49.2 Å². The molecule has 2 fully saturated rings. The first-order valence-corrected chi connectivity index (χ1v) is 12.7. The van der Waals surface area contributed by atoms with Gasteiger partial charge in [-0.3, -0.25) is 4.57 Å². The Balaban J connectivity index is 1.31. The van der Waals surface area contributed by atoms with Crippen molar-refractivity contribution in [1.29, 1.82) is 0 Å². The minimum Gasteiger partial charge on any atom is -0.497 e. The summed E-state index contributed by atoms with van der Waals surface area (Å²) in [6, 6.07) is 8.04. The number of nitrogens with zero attached hydrogens (tertiary/aromatic N) is 5. The van der Waals surface area contributed by atoms with Gasteiger partial charge in [-0.25, -0.2) is 4.98 Å². The van der Waals surface area contributed by atoms with E-state index in [0.29, 0.717) is 0 Å². The van der Waals surface area contributed by atoms with Gasteiger partial charge >= 0.3 is 0 Å². The summed E-state index contributed by atoms with van der Waals surface area (Å²) in [6.45, 7) is 3.81. The second-order valence-electron chi connectivity index (χ2n) is 7.89.